The quantitative estimate of drug-likeness (QED) is 0.811. The van der Waals surface area contributed by atoms with Crippen LogP contribution in [0.15, 0.2) is 24.3 Å². The third-order valence-electron chi connectivity index (χ3n) is 3.90. The minimum absolute atomic E-state index is 0.570. The SMILES string of the molecule is CCC(CC)NC1c2ccccc2CC1C. The van der Waals surface area contributed by atoms with Gasteiger partial charge in [-0.05, 0) is 36.3 Å². The highest BCUT2D eigenvalue weighted by molar-refractivity contribution is 5.35. The Morgan fingerprint density at radius 3 is 2.62 bits per heavy atom. The summed E-state index contributed by atoms with van der Waals surface area (Å²) < 4.78 is 0. The van der Waals surface area contributed by atoms with Gasteiger partial charge in [-0.25, -0.2) is 0 Å². The smallest absolute Gasteiger partial charge is 0.0354 e. The summed E-state index contributed by atoms with van der Waals surface area (Å²) in [5.41, 5.74) is 3.07. The van der Waals surface area contributed by atoms with Gasteiger partial charge in [0, 0.05) is 12.1 Å². The van der Waals surface area contributed by atoms with Crippen molar-refractivity contribution in [1.82, 2.24) is 5.32 Å². The van der Waals surface area contributed by atoms with Gasteiger partial charge in [-0.3, -0.25) is 0 Å². The van der Waals surface area contributed by atoms with E-state index in [0.717, 1.165) is 5.92 Å². The zero-order chi connectivity index (χ0) is 11.5. The van der Waals surface area contributed by atoms with E-state index >= 15 is 0 Å². The average Bonchev–Trinajstić information content (AvgIpc) is 2.62. The molecule has 0 fully saturated rings. The molecule has 1 heteroatoms. The summed E-state index contributed by atoms with van der Waals surface area (Å²) in [6, 6.07) is 10.1. The molecule has 0 radical (unpaired) electrons. The second kappa shape index (κ2) is 5.01. The first-order chi connectivity index (χ1) is 7.76. The van der Waals surface area contributed by atoms with E-state index in [4.69, 9.17) is 0 Å². The van der Waals surface area contributed by atoms with Crippen molar-refractivity contribution >= 4 is 0 Å². The van der Waals surface area contributed by atoms with Gasteiger partial charge in [0.05, 0.1) is 0 Å². The van der Waals surface area contributed by atoms with E-state index in [1.807, 2.05) is 0 Å². The molecule has 1 nitrogen and oxygen atoms in total. The molecule has 1 aromatic carbocycles. The van der Waals surface area contributed by atoms with Crippen LogP contribution in [-0.2, 0) is 6.42 Å². The first-order valence-corrected chi connectivity index (χ1v) is 6.60. The Balaban J connectivity index is 2.15. The molecule has 1 aromatic rings. The Labute approximate surface area is 99.3 Å². The maximum absolute atomic E-state index is 3.82. The molecule has 1 aliphatic rings. The Hall–Kier alpha value is -0.820. The molecule has 0 spiro atoms. The third-order valence-corrected chi connectivity index (χ3v) is 3.90. The summed E-state index contributed by atoms with van der Waals surface area (Å²) in [5, 5.41) is 3.82. The standard InChI is InChI=1S/C15H23N/c1-4-13(5-2)16-15-11(3)10-12-8-6-7-9-14(12)15/h6-9,11,13,15-16H,4-5,10H2,1-3H3. The number of nitrogens with one attached hydrogen (secondary N) is 1. The Kier molecular flexibility index (Phi) is 3.65. The summed E-state index contributed by atoms with van der Waals surface area (Å²) in [6.45, 7) is 6.90. The maximum atomic E-state index is 3.82. The maximum Gasteiger partial charge on any atom is 0.0354 e. The van der Waals surface area contributed by atoms with Gasteiger partial charge < -0.3 is 5.32 Å². The molecule has 0 amide bonds. The lowest BCUT2D eigenvalue weighted by atomic mass is 10.0. The summed E-state index contributed by atoms with van der Waals surface area (Å²) in [4.78, 5) is 0. The fourth-order valence-corrected chi connectivity index (χ4v) is 2.83. The molecule has 1 aliphatic carbocycles. The van der Waals surface area contributed by atoms with Gasteiger partial charge >= 0.3 is 0 Å². The molecule has 0 aromatic heterocycles. The Morgan fingerprint density at radius 2 is 1.94 bits per heavy atom. The van der Waals surface area contributed by atoms with Gasteiger partial charge in [-0.1, -0.05) is 45.0 Å². The van der Waals surface area contributed by atoms with Crippen LogP contribution in [0.25, 0.3) is 0 Å². The predicted octanol–water partition coefficient (Wildman–Crippen LogP) is 3.70. The van der Waals surface area contributed by atoms with E-state index in [0.29, 0.717) is 12.1 Å². The molecular formula is C15H23N. The molecular weight excluding hydrogens is 194 g/mol. The van der Waals surface area contributed by atoms with Crippen LogP contribution < -0.4 is 5.32 Å². The van der Waals surface area contributed by atoms with Crippen LogP contribution in [-0.4, -0.2) is 6.04 Å². The fraction of sp³-hybridized carbons (Fsp3) is 0.600. The van der Waals surface area contributed by atoms with Gasteiger partial charge in [-0.2, -0.15) is 0 Å². The summed E-state index contributed by atoms with van der Waals surface area (Å²) >= 11 is 0. The molecule has 1 N–H and O–H groups in total. The predicted molar refractivity (Wildman–Crippen MR) is 69.6 cm³/mol. The second-order valence-corrected chi connectivity index (χ2v) is 5.04. The molecule has 0 heterocycles. The fourth-order valence-electron chi connectivity index (χ4n) is 2.83. The second-order valence-electron chi connectivity index (χ2n) is 5.04. The van der Waals surface area contributed by atoms with Crippen LogP contribution >= 0.6 is 0 Å². The zero-order valence-corrected chi connectivity index (χ0v) is 10.7. The minimum Gasteiger partial charge on any atom is -0.307 e. The van der Waals surface area contributed by atoms with E-state index in [1.54, 1.807) is 5.56 Å². The van der Waals surface area contributed by atoms with Crippen molar-refractivity contribution in [2.45, 2.75) is 52.1 Å². The van der Waals surface area contributed by atoms with Crippen molar-refractivity contribution in [3.63, 3.8) is 0 Å². The Bertz CT molecular complexity index is 341. The van der Waals surface area contributed by atoms with Crippen LogP contribution in [0.5, 0.6) is 0 Å². The lowest BCUT2D eigenvalue weighted by molar-refractivity contribution is 0.351. The van der Waals surface area contributed by atoms with Crippen molar-refractivity contribution < 1.29 is 0 Å². The van der Waals surface area contributed by atoms with Crippen molar-refractivity contribution in [3.05, 3.63) is 35.4 Å². The summed E-state index contributed by atoms with van der Waals surface area (Å²) in [6.07, 6.45) is 3.68. The number of hydrogen-bond acceptors (Lipinski definition) is 1. The van der Waals surface area contributed by atoms with Crippen LogP contribution in [0, 0.1) is 5.92 Å². The Morgan fingerprint density at radius 1 is 1.25 bits per heavy atom. The molecule has 2 rings (SSSR count). The number of hydrogen-bond donors (Lipinski definition) is 1. The molecule has 0 aliphatic heterocycles. The highest BCUT2D eigenvalue weighted by Crippen LogP contribution is 2.36. The van der Waals surface area contributed by atoms with Gasteiger partial charge in [0.1, 0.15) is 0 Å². The first-order valence-electron chi connectivity index (χ1n) is 6.60. The van der Waals surface area contributed by atoms with Crippen molar-refractivity contribution in [3.8, 4) is 0 Å². The molecule has 2 atom stereocenters. The molecule has 0 saturated heterocycles. The molecule has 16 heavy (non-hydrogen) atoms. The highest BCUT2D eigenvalue weighted by Gasteiger charge is 2.29. The number of fused-ring (bicyclic) bond motifs is 1. The molecule has 2 unspecified atom stereocenters. The van der Waals surface area contributed by atoms with E-state index < -0.39 is 0 Å². The zero-order valence-electron chi connectivity index (χ0n) is 10.7. The normalized spacial score (nSPS) is 23.8. The van der Waals surface area contributed by atoms with Gasteiger partial charge in [0.2, 0.25) is 0 Å². The lowest BCUT2D eigenvalue weighted by Crippen LogP contribution is -2.33. The van der Waals surface area contributed by atoms with Crippen molar-refractivity contribution in [2.24, 2.45) is 5.92 Å². The van der Waals surface area contributed by atoms with Gasteiger partial charge in [0.15, 0.2) is 0 Å². The first kappa shape index (κ1) is 11.7. The van der Waals surface area contributed by atoms with Crippen LogP contribution in [0.1, 0.15) is 50.8 Å². The van der Waals surface area contributed by atoms with E-state index in [1.165, 1.54) is 24.8 Å². The summed E-state index contributed by atoms with van der Waals surface area (Å²) in [7, 11) is 0. The van der Waals surface area contributed by atoms with Crippen LogP contribution in [0.2, 0.25) is 0 Å². The van der Waals surface area contributed by atoms with Gasteiger partial charge in [0.25, 0.3) is 0 Å². The van der Waals surface area contributed by atoms with E-state index in [2.05, 4.69) is 50.4 Å². The highest BCUT2D eigenvalue weighted by atomic mass is 15.0. The van der Waals surface area contributed by atoms with E-state index in [-0.39, 0.29) is 0 Å². The minimum atomic E-state index is 0.570. The average molecular weight is 217 g/mol. The van der Waals surface area contributed by atoms with Crippen molar-refractivity contribution in [1.29, 1.82) is 0 Å². The molecule has 88 valence electrons. The van der Waals surface area contributed by atoms with Crippen molar-refractivity contribution in [2.75, 3.05) is 0 Å². The summed E-state index contributed by atoms with van der Waals surface area (Å²) in [5.74, 6) is 0.734. The topological polar surface area (TPSA) is 12.0 Å². The van der Waals surface area contributed by atoms with Crippen LogP contribution in [0.4, 0.5) is 0 Å². The number of rotatable bonds is 4. The third kappa shape index (κ3) is 2.15. The van der Waals surface area contributed by atoms with Gasteiger partial charge in [-0.15, -0.1) is 0 Å². The van der Waals surface area contributed by atoms with E-state index in [9.17, 15) is 0 Å². The largest absolute Gasteiger partial charge is 0.307 e. The monoisotopic (exact) mass is 217 g/mol. The molecule has 0 saturated carbocycles. The molecule has 0 bridgehead atoms. The lowest BCUT2D eigenvalue weighted by Gasteiger charge is -2.24. The number of benzene rings is 1. The van der Waals surface area contributed by atoms with Crippen LogP contribution in [0.3, 0.4) is 0 Å².